The molecule has 0 saturated heterocycles. The molecule has 0 spiro atoms. The van der Waals surface area contributed by atoms with Crippen LogP contribution in [0.1, 0.15) is 25.5 Å². The van der Waals surface area contributed by atoms with E-state index in [4.69, 9.17) is 10.1 Å². The Balaban J connectivity index is 1.73. The van der Waals surface area contributed by atoms with Crippen molar-refractivity contribution in [2.45, 2.75) is 31.7 Å². The van der Waals surface area contributed by atoms with Crippen LogP contribution in [0.4, 0.5) is 16.0 Å². The topological polar surface area (TPSA) is 55.6 Å². The predicted molar refractivity (Wildman–Crippen MR) is 125 cm³/mol. The van der Waals surface area contributed by atoms with Crippen molar-refractivity contribution in [3.05, 3.63) is 78.4 Å². The minimum Gasteiger partial charge on any atom is -0.324 e. The maximum Gasteiger partial charge on any atom is 0.227 e. The van der Waals surface area contributed by atoms with Crippen LogP contribution in [0.15, 0.2) is 71.9 Å². The zero-order chi connectivity index (χ0) is 21.6. The van der Waals surface area contributed by atoms with E-state index in [2.05, 4.69) is 24.1 Å². The Morgan fingerprint density at radius 3 is 2.68 bits per heavy atom. The first kappa shape index (κ1) is 21.1. The molecule has 0 aliphatic heterocycles. The number of hydrogen-bond donors (Lipinski definition) is 1. The monoisotopic (exact) mass is 433 g/mol. The molecule has 0 unspecified atom stereocenters. The van der Waals surface area contributed by atoms with Gasteiger partial charge in [-0.25, -0.2) is 19.0 Å². The van der Waals surface area contributed by atoms with E-state index in [9.17, 15) is 4.39 Å². The Kier molecular flexibility index (Phi) is 6.62. The molecule has 2 aromatic heterocycles. The second-order valence-electron chi connectivity index (χ2n) is 7.12. The van der Waals surface area contributed by atoms with E-state index >= 15 is 0 Å². The van der Waals surface area contributed by atoms with E-state index in [-0.39, 0.29) is 5.82 Å². The number of hydrogen-bond acceptors (Lipinski definition) is 5. The summed E-state index contributed by atoms with van der Waals surface area (Å²) in [5.41, 5.74) is 4.41. The van der Waals surface area contributed by atoms with Gasteiger partial charge in [0.25, 0.3) is 0 Å². The van der Waals surface area contributed by atoms with Crippen LogP contribution in [-0.2, 0) is 0 Å². The minimum atomic E-state index is -0.309. The Morgan fingerprint density at radius 1 is 1.06 bits per heavy atom. The summed E-state index contributed by atoms with van der Waals surface area (Å²) in [7, 11) is 0. The van der Waals surface area contributed by atoms with Crippen molar-refractivity contribution in [3.8, 4) is 16.9 Å². The number of halogens is 1. The highest BCUT2D eigenvalue weighted by molar-refractivity contribution is 7.99. The maximum atomic E-state index is 13.5. The summed E-state index contributed by atoms with van der Waals surface area (Å²) in [5.74, 6) is 1.10. The number of thioether (sulfide) groups is 1. The van der Waals surface area contributed by atoms with Crippen molar-refractivity contribution in [3.63, 3.8) is 0 Å². The van der Waals surface area contributed by atoms with E-state index in [1.165, 1.54) is 12.1 Å². The Labute approximate surface area is 185 Å². The Morgan fingerprint density at radius 2 is 1.90 bits per heavy atom. The van der Waals surface area contributed by atoms with Gasteiger partial charge in [-0.05, 0) is 55.5 Å². The van der Waals surface area contributed by atoms with E-state index in [1.807, 2.05) is 41.1 Å². The minimum absolute atomic E-state index is 0.309. The molecule has 0 bridgehead atoms. The number of unbranched alkanes of at least 4 members (excludes halogenated alkanes) is 1. The third kappa shape index (κ3) is 4.94. The number of anilines is 2. The number of nitrogens with one attached hydrogen (secondary N) is 1. The van der Waals surface area contributed by atoms with E-state index in [1.54, 1.807) is 30.1 Å². The first-order valence-corrected chi connectivity index (χ1v) is 11.3. The molecule has 158 valence electrons. The number of nitrogens with zero attached hydrogens (tertiary/aromatic N) is 4. The van der Waals surface area contributed by atoms with Crippen LogP contribution in [0.5, 0.6) is 0 Å². The van der Waals surface area contributed by atoms with Gasteiger partial charge in [-0.2, -0.15) is 5.10 Å². The molecule has 4 rings (SSSR count). The summed E-state index contributed by atoms with van der Waals surface area (Å²) >= 11 is 1.75. The lowest BCUT2D eigenvalue weighted by Crippen LogP contribution is -2.00. The second-order valence-corrected chi connectivity index (χ2v) is 8.20. The van der Waals surface area contributed by atoms with E-state index < -0.39 is 0 Å². The van der Waals surface area contributed by atoms with Crippen LogP contribution in [0, 0.1) is 12.7 Å². The largest absolute Gasteiger partial charge is 0.324 e. The summed E-state index contributed by atoms with van der Waals surface area (Å²) in [6.45, 7) is 4.24. The lowest BCUT2D eigenvalue weighted by atomic mass is 10.2. The number of para-hydroxylation sites is 1. The summed E-state index contributed by atoms with van der Waals surface area (Å²) in [4.78, 5) is 9.02. The maximum absolute atomic E-state index is 13.5. The fourth-order valence-corrected chi connectivity index (χ4v) is 4.42. The molecule has 31 heavy (non-hydrogen) atoms. The lowest BCUT2D eigenvalue weighted by molar-refractivity contribution is 0.628. The SMILES string of the molecule is CCCCSc1nn(-c2ccccc2)c(C)c1-c1ccnc(Nc2cccc(F)c2)n1. The van der Waals surface area contributed by atoms with Gasteiger partial charge in [-0.3, -0.25) is 0 Å². The molecule has 1 N–H and O–H groups in total. The van der Waals surface area contributed by atoms with Gasteiger partial charge in [0.15, 0.2) is 0 Å². The second kappa shape index (κ2) is 9.75. The van der Waals surface area contributed by atoms with Gasteiger partial charge in [0.1, 0.15) is 10.8 Å². The van der Waals surface area contributed by atoms with Crippen LogP contribution < -0.4 is 5.32 Å². The van der Waals surface area contributed by atoms with Crippen molar-refractivity contribution in [1.29, 1.82) is 0 Å². The average Bonchev–Trinajstić information content (AvgIpc) is 3.11. The molecule has 0 amide bonds. The van der Waals surface area contributed by atoms with Gasteiger partial charge in [0.05, 0.1) is 22.6 Å². The highest BCUT2D eigenvalue weighted by atomic mass is 32.2. The van der Waals surface area contributed by atoms with Crippen molar-refractivity contribution < 1.29 is 4.39 Å². The van der Waals surface area contributed by atoms with Crippen molar-refractivity contribution in [2.75, 3.05) is 11.1 Å². The van der Waals surface area contributed by atoms with Gasteiger partial charge in [-0.1, -0.05) is 37.6 Å². The Hall–Kier alpha value is -3.19. The molecule has 0 aliphatic rings. The number of rotatable bonds is 8. The molecule has 0 atom stereocenters. The fourth-order valence-electron chi connectivity index (χ4n) is 3.26. The zero-order valence-electron chi connectivity index (χ0n) is 17.5. The molecule has 2 aromatic carbocycles. The Bertz CT molecular complexity index is 1160. The molecular weight excluding hydrogens is 409 g/mol. The van der Waals surface area contributed by atoms with Gasteiger partial charge in [0.2, 0.25) is 5.95 Å². The normalized spacial score (nSPS) is 10.9. The lowest BCUT2D eigenvalue weighted by Gasteiger charge is -2.08. The summed E-state index contributed by atoms with van der Waals surface area (Å²) in [6, 6.07) is 18.2. The molecule has 2 heterocycles. The van der Waals surface area contributed by atoms with Gasteiger partial charge in [0, 0.05) is 11.9 Å². The van der Waals surface area contributed by atoms with Crippen molar-refractivity contribution >= 4 is 23.4 Å². The van der Waals surface area contributed by atoms with Crippen molar-refractivity contribution in [1.82, 2.24) is 19.7 Å². The molecule has 0 fully saturated rings. The van der Waals surface area contributed by atoms with Crippen LogP contribution in [0.25, 0.3) is 16.9 Å². The van der Waals surface area contributed by atoms with Gasteiger partial charge >= 0.3 is 0 Å². The highest BCUT2D eigenvalue weighted by Crippen LogP contribution is 2.35. The molecule has 7 heteroatoms. The summed E-state index contributed by atoms with van der Waals surface area (Å²) in [6.07, 6.45) is 3.97. The standard InChI is InChI=1S/C24H24FN5S/c1-3-4-15-31-23-22(17(2)30(29-23)20-11-6-5-7-12-20)21-13-14-26-24(28-21)27-19-10-8-9-18(25)16-19/h5-14,16H,3-4,15H2,1-2H3,(H,26,27,28). The quantitative estimate of drug-likeness (QED) is 0.257. The molecule has 5 nitrogen and oxygen atoms in total. The number of benzene rings is 2. The number of aromatic nitrogens is 4. The molecule has 4 aromatic rings. The van der Waals surface area contributed by atoms with Crippen LogP contribution in [0.3, 0.4) is 0 Å². The van der Waals surface area contributed by atoms with Crippen LogP contribution >= 0.6 is 11.8 Å². The zero-order valence-corrected chi connectivity index (χ0v) is 18.4. The summed E-state index contributed by atoms with van der Waals surface area (Å²) < 4.78 is 15.5. The average molecular weight is 434 g/mol. The summed E-state index contributed by atoms with van der Waals surface area (Å²) in [5, 5.41) is 8.94. The first-order chi connectivity index (χ1) is 15.2. The van der Waals surface area contributed by atoms with E-state index in [0.717, 1.165) is 46.3 Å². The van der Waals surface area contributed by atoms with Crippen LogP contribution in [-0.4, -0.2) is 25.5 Å². The van der Waals surface area contributed by atoms with E-state index in [0.29, 0.717) is 11.6 Å². The van der Waals surface area contributed by atoms with Gasteiger partial charge < -0.3 is 5.32 Å². The third-order valence-electron chi connectivity index (χ3n) is 4.81. The molecule has 0 aliphatic carbocycles. The van der Waals surface area contributed by atoms with Crippen molar-refractivity contribution in [2.24, 2.45) is 0 Å². The fraction of sp³-hybridized carbons (Fsp3) is 0.208. The van der Waals surface area contributed by atoms with Gasteiger partial charge in [-0.15, -0.1) is 11.8 Å². The highest BCUT2D eigenvalue weighted by Gasteiger charge is 2.19. The third-order valence-corrected chi connectivity index (χ3v) is 5.87. The molecular formula is C24H24FN5S. The predicted octanol–water partition coefficient (Wildman–Crippen LogP) is 6.41. The molecule has 0 radical (unpaired) electrons. The first-order valence-electron chi connectivity index (χ1n) is 10.3. The smallest absolute Gasteiger partial charge is 0.227 e. The van der Waals surface area contributed by atoms with Crippen LogP contribution in [0.2, 0.25) is 0 Å². The molecule has 0 saturated carbocycles.